The van der Waals surface area contributed by atoms with Crippen LogP contribution in [-0.2, 0) is 16.1 Å². The predicted molar refractivity (Wildman–Crippen MR) is 73.0 cm³/mol. The molecule has 0 fully saturated rings. The molecule has 0 unspecified atom stereocenters. The minimum Gasteiger partial charge on any atom is -0.461 e. The van der Waals surface area contributed by atoms with E-state index >= 15 is 0 Å². The average Bonchev–Trinajstić information content (AvgIpc) is 2.42. The third-order valence-electron chi connectivity index (χ3n) is 2.37. The molecule has 2 aromatic rings. The first-order chi connectivity index (χ1) is 9.47. The molecule has 0 amide bonds. The molecular weight excluding hydrogens is 262 g/mol. The second-order valence-corrected chi connectivity index (χ2v) is 4.20. The largest absolute Gasteiger partial charge is 0.461 e. The maximum absolute atomic E-state index is 12.4. The van der Waals surface area contributed by atoms with Crippen molar-refractivity contribution in [1.29, 1.82) is 0 Å². The average molecular weight is 278 g/mol. The van der Waals surface area contributed by atoms with E-state index in [1.165, 1.54) is 31.2 Å². The van der Waals surface area contributed by atoms with Gasteiger partial charge in [0.2, 0.25) is 0 Å². The second kappa shape index (κ2) is 8.04. The lowest BCUT2D eigenvalue weighted by atomic mass is 10.2. The second-order valence-electron chi connectivity index (χ2n) is 4.20. The summed E-state index contributed by atoms with van der Waals surface area (Å²) in [6.45, 7) is 3.47. The van der Waals surface area contributed by atoms with Gasteiger partial charge in [0, 0.05) is 6.92 Å². The van der Waals surface area contributed by atoms with Crippen LogP contribution in [0.1, 0.15) is 18.1 Å². The van der Waals surface area contributed by atoms with Gasteiger partial charge < -0.3 is 4.74 Å². The topological polar surface area (TPSA) is 26.3 Å². The zero-order valence-corrected chi connectivity index (χ0v) is 11.4. The minimum absolute atomic E-state index is 0.171. The molecule has 2 rings (SSSR count). The molecule has 0 spiro atoms. The number of ether oxygens (including phenoxy) is 1. The van der Waals surface area contributed by atoms with Crippen molar-refractivity contribution in [2.45, 2.75) is 20.5 Å². The summed E-state index contributed by atoms with van der Waals surface area (Å²) in [7, 11) is 0. The Bertz CT molecular complexity index is 512. The van der Waals surface area contributed by atoms with Crippen LogP contribution in [-0.4, -0.2) is 5.97 Å². The molecule has 0 aliphatic rings. The molecule has 0 heterocycles. The van der Waals surface area contributed by atoms with E-state index in [2.05, 4.69) is 0 Å². The van der Waals surface area contributed by atoms with Crippen LogP contribution < -0.4 is 0 Å². The molecule has 0 atom stereocenters. The summed E-state index contributed by atoms with van der Waals surface area (Å²) in [5.41, 5.74) is 1.87. The molecule has 4 heteroatoms. The van der Waals surface area contributed by atoms with Gasteiger partial charge in [-0.3, -0.25) is 4.79 Å². The van der Waals surface area contributed by atoms with Crippen molar-refractivity contribution in [1.82, 2.24) is 0 Å². The number of hydrogen-bond donors (Lipinski definition) is 0. The highest BCUT2D eigenvalue weighted by atomic mass is 19.1. The van der Waals surface area contributed by atoms with Crippen molar-refractivity contribution < 1.29 is 18.3 Å². The summed E-state index contributed by atoms with van der Waals surface area (Å²) in [5, 5.41) is 0. The van der Waals surface area contributed by atoms with Crippen LogP contribution in [0.15, 0.2) is 48.5 Å². The van der Waals surface area contributed by atoms with Gasteiger partial charge in [-0.05, 0) is 36.8 Å². The first-order valence-electron chi connectivity index (χ1n) is 6.07. The summed E-state index contributed by atoms with van der Waals surface area (Å²) in [4.78, 5) is 10.4. The van der Waals surface area contributed by atoms with E-state index < -0.39 is 0 Å². The fourth-order valence-corrected chi connectivity index (χ4v) is 1.30. The van der Waals surface area contributed by atoms with Crippen LogP contribution in [0.4, 0.5) is 8.78 Å². The van der Waals surface area contributed by atoms with E-state index in [0.29, 0.717) is 0 Å². The molecule has 0 N–H and O–H groups in total. The van der Waals surface area contributed by atoms with Gasteiger partial charge in [0.25, 0.3) is 0 Å². The minimum atomic E-state index is -0.334. The molecule has 0 aliphatic heterocycles. The van der Waals surface area contributed by atoms with Gasteiger partial charge in [-0.15, -0.1) is 0 Å². The Morgan fingerprint density at radius 1 is 0.950 bits per heavy atom. The fraction of sp³-hybridized carbons (Fsp3) is 0.188. The zero-order valence-electron chi connectivity index (χ0n) is 11.4. The Morgan fingerprint density at radius 3 is 1.80 bits per heavy atom. The SMILES string of the molecule is CC(=O)OCc1ccc(F)cc1.Cc1ccc(F)cc1. The van der Waals surface area contributed by atoms with E-state index in [1.807, 2.05) is 6.92 Å². The highest BCUT2D eigenvalue weighted by molar-refractivity contribution is 5.65. The van der Waals surface area contributed by atoms with Crippen molar-refractivity contribution in [2.24, 2.45) is 0 Å². The molecule has 2 nitrogen and oxygen atoms in total. The maximum Gasteiger partial charge on any atom is 0.302 e. The molecule has 0 saturated heterocycles. The van der Waals surface area contributed by atoms with Crippen LogP contribution in [0, 0.1) is 18.6 Å². The predicted octanol–water partition coefficient (Wildman–Crippen LogP) is 4.02. The number of carbonyl (C=O) groups excluding carboxylic acids is 1. The van der Waals surface area contributed by atoms with Gasteiger partial charge >= 0.3 is 5.97 Å². The lowest BCUT2D eigenvalue weighted by Gasteiger charge is -2.00. The van der Waals surface area contributed by atoms with Gasteiger partial charge in [-0.25, -0.2) is 8.78 Å². The molecule has 106 valence electrons. The third kappa shape index (κ3) is 6.64. The van der Waals surface area contributed by atoms with Gasteiger partial charge in [0.1, 0.15) is 18.2 Å². The lowest BCUT2D eigenvalue weighted by molar-refractivity contribution is -0.142. The monoisotopic (exact) mass is 278 g/mol. The number of aryl methyl sites for hydroxylation is 1. The first kappa shape index (κ1) is 15.8. The van der Waals surface area contributed by atoms with E-state index in [-0.39, 0.29) is 24.2 Å². The summed E-state index contributed by atoms with van der Waals surface area (Å²) < 4.78 is 29.2. The molecule has 0 bridgehead atoms. The van der Waals surface area contributed by atoms with Crippen molar-refractivity contribution in [3.05, 3.63) is 71.3 Å². The Kier molecular flexibility index (Phi) is 6.37. The van der Waals surface area contributed by atoms with E-state index in [1.54, 1.807) is 24.3 Å². The third-order valence-corrected chi connectivity index (χ3v) is 2.37. The van der Waals surface area contributed by atoms with Gasteiger partial charge in [-0.2, -0.15) is 0 Å². The molecule has 0 aliphatic carbocycles. The van der Waals surface area contributed by atoms with Gasteiger partial charge in [0.15, 0.2) is 0 Å². The molecular formula is C16H16F2O2. The van der Waals surface area contributed by atoms with Gasteiger partial charge in [-0.1, -0.05) is 29.8 Å². The Balaban J connectivity index is 0.000000217. The Hall–Kier alpha value is -2.23. The van der Waals surface area contributed by atoms with Crippen LogP contribution in [0.2, 0.25) is 0 Å². The summed E-state index contributed by atoms with van der Waals surface area (Å²) in [5.74, 6) is -0.795. The van der Waals surface area contributed by atoms with Crippen LogP contribution in [0.5, 0.6) is 0 Å². The van der Waals surface area contributed by atoms with Crippen LogP contribution >= 0.6 is 0 Å². The summed E-state index contributed by atoms with van der Waals surface area (Å²) >= 11 is 0. The number of hydrogen-bond acceptors (Lipinski definition) is 2. The highest BCUT2D eigenvalue weighted by Gasteiger charge is 1.95. The zero-order chi connectivity index (χ0) is 15.0. The molecule has 0 saturated carbocycles. The van der Waals surface area contributed by atoms with Crippen molar-refractivity contribution in [3.63, 3.8) is 0 Å². The van der Waals surface area contributed by atoms with Gasteiger partial charge in [0.05, 0.1) is 0 Å². The first-order valence-corrected chi connectivity index (χ1v) is 6.07. The van der Waals surface area contributed by atoms with Crippen LogP contribution in [0.25, 0.3) is 0 Å². The Morgan fingerprint density at radius 2 is 1.40 bits per heavy atom. The number of esters is 1. The normalized spacial score (nSPS) is 9.40. The maximum atomic E-state index is 12.4. The molecule has 20 heavy (non-hydrogen) atoms. The number of benzene rings is 2. The van der Waals surface area contributed by atoms with E-state index in [9.17, 15) is 13.6 Å². The number of rotatable bonds is 2. The fourth-order valence-electron chi connectivity index (χ4n) is 1.30. The molecule has 2 aromatic carbocycles. The van der Waals surface area contributed by atoms with Crippen molar-refractivity contribution in [2.75, 3.05) is 0 Å². The molecule has 0 radical (unpaired) electrons. The number of carbonyl (C=O) groups is 1. The number of halogens is 2. The lowest BCUT2D eigenvalue weighted by Crippen LogP contribution is -1.98. The smallest absolute Gasteiger partial charge is 0.302 e. The van der Waals surface area contributed by atoms with E-state index in [0.717, 1.165) is 11.1 Å². The standard InChI is InChI=1S/C9H9FO2.C7H7F/c1-7(11)12-6-8-2-4-9(10)5-3-8;1-6-2-4-7(8)5-3-6/h2-5H,6H2,1H3;2-5H,1H3. The van der Waals surface area contributed by atoms with Crippen molar-refractivity contribution >= 4 is 5.97 Å². The Labute approximate surface area is 117 Å². The van der Waals surface area contributed by atoms with Crippen molar-refractivity contribution in [3.8, 4) is 0 Å². The quantitative estimate of drug-likeness (QED) is 0.775. The molecule has 0 aromatic heterocycles. The van der Waals surface area contributed by atoms with E-state index in [4.69, 9.17) is 4.74 Å². The summed E-state index contributed by atoms with van der Waals surface area (Å²) in [6.07, 6.45) is 0. The van der Waals surface area contributed by atoms with Crippen LogP contribution in [0.3, 0.4) is 0 Å². The summed E-state index contributed by atoms with van der Waals surface area (Å²) in [6, 6.07) is 12.2. The highest BCUT2D eigenvalue weighted by Crippen LogP contribution is 2.03.